The van der Waals surface area contributed by atoms with Crippen LogP contribution in [-0.2, 0) is 0 Å². The lowest BCUT2D eigenvalue weighted by molar-refractivity contribution is -0.386. The summed E-state index contributed by atoms with van der Waals surface area (Å²) < 4.78 is 5.25. The molecule has 0 atom stereocenters. The zero-order valence-electron chi connectivity index (χ0n) is 10.4. The van der Waals surface area contributed by atoms with Gasteiger partial charge in [-0.25, -0.2) is 9.78 Å². The molecule has 1 aromatic heterocycles. The number of rotatable bonds is 4. The molecule has 0 radical (unpaired) electrons. The Morgan fingerprint density at radius 1 is 1.43 bits per heavy atom. The molecular weight excluding hydrogens is 278 g/mol. The number of benzene rings is 1. The van der Waals surface area contributed by atoms with Crippen LogP contribution in [-0.4, -0.2) is 21.0 Å². The average molecular weight is 285 g/mol. The summed E-state index contributed by atoms with van der Waals surface area (Å²) in [7, 11) is 0. The lowest BCUT2D eigenvalue weighted by Gasteiger charge is -2.05. The van der Waals surface area contributed by atoms with E-state index in [0.717, 1.165) is 12.3 Å². The Balaban J connectivity index is 2.41. The third kappa shape index (κ3) is 3.10. The molecule has 8 heteroatoms. The number of aromatic carboxylic acids is 1. The van der Waals surface area contributed by atoms with Crippen LogP contribution in [0.15, 0.2) is 36.5 Å². The number of carboxylic acid groups (broad SMARTS) is 1. The fourth-order valence-electron chi connectivity index (χ4n) is 1.51. The Kier molecular flexibility index (Phi) is 3.76. The maximum Gasteiger partial charge on any atom is 0.337 e. The van der Waals surface area contributed by atoms with Gasteiger partial charge in [-0.2, -0.15) is 5.26 Å². The molecule has 0 saturated carbocycles. The number of aromatic nitrogens is 1. The highest BCUT2D eigenvalue weighted by Crippen LogP contribution is 2.30. The molecular formula is C13H7N3O5. The van der Waals surface area contributed by atoms with Gasteiger partial charge in [0.05, 0.1) is 22.1 Å². The first kappa shape index (κ1) is 14.0. The zero-order valence-corrected chi connectivity index (χ0v) is 10.4. The Morgan fingerprint density at radius 3 is 2.81 bits per heavy atom. The van der Waals surface area contributed by atoms with Crippen LogP contribution in [0.1, 0.15) is 15.9 Å². The van der Waals surface area contributed by atoms with Gasteiger partial charge < -0.3 is 9.84 Å². The monoisotopic (exact) mass is 285 g/mol. The van der Waals surface area contributed by atoms with Gasteiger partial charge >= 0.3 is 11.7 Å². The molecule has 1 aromatic carbocycles. The first-order valence-corrected chi connectivity index (χ1v) is 5.57. The van der Waals surface area contributed by atoms with Crippen molar-refractivity contribution in [2.75, 3.05) is 0 Å². The number of nitriles is 1. The summed E-state index contributed by atoms with van der Waals surface area (Å²) in [4.78, 5) is 24.6. The number of ether oxygens (including phenoxy) is 1. The molecule has 2 aromatic rings. The number of hydrogen-bond donors (Lipinski definition) is 1. The second-order valence-corrected chi connectivity index (χ2v) is 3.85. The van der Waals surface area contributed by atoms with Crippen molar-refractivity contribution in [3.63, 3.8) is 0 Å². The molecule has 1 N–H and O–H groups in total. The van der Waals surface area contributed by atoms with Gasteiger partial charge in [0.15, 0.2) is 0 Å². The van der Waals surface area contributed by atoms with E-state index in [4.69, 9.17) is 15.1 Å². The van der Waals surface area contributed by atoms with Crippen LogP contribution in [0.3, 0.4) is 0 Å². The predicted molar refractivity (Wildman–Crippen MR) is 69.1 cm³/mol. The largest absolute Gasteiger partial charge is 0.478 e. The Bertz CT molecular complexity index is 767. The molecule has 21 heavy (non-hydrogen) atoms. The normalized spacial score (nSPS) is 9.67. The van der Waals surface area contributed by atoms with Crippen molar-refractivity contribution in [2.45, 2.75) is 0 Å². The van der Waals surface area contributed by atoms with Gasteiger partial charge in [-0.05, 0) is 18.2 Å². The number of pyridine rings is 1. The van der Waals surface area contributed by atoms with E-state index < -0.39 is 16.6 Å². The van der Waals surface area contributed by atoms with Crippen molar-refractivity contribution >= 4 is 11.7 Å². The van der Waals surface area contributed by atoms with Crippen molar-refractivity contribution < 1.29 is 19.6 Å². The molecule has 0 aliphatic rings. The van der Waals surface area contributed by atoms with Gasteiger partial charge in [-0.15, -0.1) is 0 Å². The highest BCUT2D eigenvalue weighted by atomic mass is 16.6. The lowest BCUT2D eigenvalue weighted by Crippen LogP contribution is -2.02. The molecule has 8 nitrogen and oxygen atoms in total. The second-order valence-electron chi connectivity index (χ2n) is 3.85. The maximum atomic E-state index is 11.0. The van der Waals surface area contributed by atoms with Crippen molar-refractivity contribution in [3.05, 3.63) is 57.8 Å². The van der Waals surface area contributed by atoms with Crippen LogP contribution >= 0.6 is 0 Å². The first-order chi connectivity index (χ1) is 10.0. The number of nitro groups is 1. The molecule has 0 fully saturated rings. The number of nitrogens with zero attached hydrogens (tertiary/aromatic N) is 3. The average Bonchev–Trinajstić information content (AvgIpc) is 2.47. The SMILES string of the molecule is N#Cc1cccc(Oc2ncc(C(=O)O)cc2[N+](=O)[O-])c1. The number of carbonyl (C=O) groups is 1. The number of carboxylic acids is 1. The van der Waals surface area contributed by atoms with Gasteiger partial charge in [0.1, 0.15) is 5.75 Å². The molecule has 0 bridgehead atoms. The second kappa shape index (κ2) is 5.66. The van der Waals surface area contributed by atoms with Crippen LogP contribution < -0.4 is 4.74 Å². The van der Waals surface area contributed by atoms with Gasteiger partial charge in [0, 0.05) is 12.3 Å². The molecule has 1 heterocycles. The molecule has 0 unspecified atom stereocenters. The van der Waals surface area contributed by atoms with Crippen molar-refractivity contribution in [1.29, 1.82) is 5.26 Å². The minimum Gasteiger partial charge on any atom is -0.478 e. The Hall–Kier alpha value is -3.47. The molecule has 0 aliphatic carbocycles. The molecule has 0 aliphatic heterocycles. The van der Waals surface area contributed by atoms with Gasteiger partial charge in [0.25, 0.3) is 5.88 Å². The van der Waals surface area contributed by atoms with E-state index in [-0.39, 0.29) is 17.2 Å². The van der Waals surface area contributed by atoms with Crippen LogP contribution in [0.2, 0.25) is 0 Å². The van der Waals surface area contributed by atoms with Crippen molar-refractivity contribution in [3.8, 4) is 17.7 Å². The Labute approximate surface area is 118 Å². The van der Waals surface area contributed by atoms with Crippen molar-refractivity contribution in [1.82, 2.24) is 4.98 Å². The molecule has 0 amide bonds. The maximum absolute atomic E-state index is 11.0. The van der Waals surface area contributed by atoms with Gasteiger partial charge in [-0.3, -0.25) is 10.1 Å². The van der Waals surface area contributed by atoms with E-state index in [1.807, 2.05) is 6.07 Å². The lowest BCUT2D eigenvalue weighted by atomic mass is 10.2. The first-order valence-electron chi connectivity index (χ1n) is 5.57. The van der Waals surface area contributed by atoms with E-state index in [0.29, 0.717) is 5.56 Å². The molecule has 0 spiro atoms. The summed E-state index contributed by atoms with van der Waals surface area (Å²) in [6.07, 6.45) is 0.957. The minimum absolute atomic E-state index is 0.188. The molecule has 104 valence electrons. The summed E-state index contributed by atoms with van der Waals surface area (Å²) >= 11 is 0. The standard InChI is InChI=1S/C13H7N3O5/c14-6-8-2-1-3-10(4-8)21-12-11(16(19)20)5-9(7-15-12)13(17)18/h1-5,7H,(H,17,18). The summed E-state index contributed by atoms with van der Waals surface area (Å²) in [5.74, 6) is -1.49. The summed E-state index contributed by atoms with van der Waals surface area (Å²) in [5.41, 5.74) is -0.575. The van der Waals surface area contributed by atoms with E-state index in [1.165, 1.54) is 12.1 Å². The van der Waals surface area contributed by atoms with E-state index in [2.05, 4.69) is 4.98 Å². The smallest absolute Gasteiger partial charge is 0.337 e. The van der Waals surface area contributed by atoms with Gasteiger partial charge in [0.2, 0.25) is 0 Å². The summed E-state index contributed by atoms with van der Waals surface area (Å²) in [6.45, 7) is 0. The van der Waals surface area contributed by atoms with Crippen LogP contribution in [0, 0.1) is 21.4 Å². The predicted octanol–water partition coefficient (Wildman–Crippen LogP) is 2.35. The number of hydrogen-bond acceptors (Lipinski definition) is 6. The highest BCUT2D eigenvalue weighted by molar-refractivity contribution is 5.88. The van der Waals surface area contributed by atoms with Crippen LogP contribution in [0.25, 0.3) is 0 Å². The Morgan fingerprint density at radius 2 is 2.19 bits per heavy atom. The van der Waals surface area contributed by atoms with Crippen LogP contribution in [0.4, 0.5) is 5.69 Å². The topological polar surface area (TPSA) is 126 Å². The summed E-state index contributed by atoms with van der Waals surface area (Å²) in [6, 6.07) is 8.74. The highest BCUT2D eigenvalue weighted by Gasteiger charge is 2.21. The fraction of sp³-hybridized carbons (Fsp3) is 0. The van der Waals surface area contributed by atoms with Gasteiger partial charge in [-0.1, -0.05) is 6.07 Å². The summed E-state index contributed by atoms with van der Waals surface area (Å²) in [5, 5.41) is 28.5. The van der Waals surface area contributed by atoms with E-state index >= 15 is 0 Å². The van der Waals surface area contributed by atoms with Crippen LogP contribution in [0.5, 0.6) is 11.6 Å². The minimum atomic E-state index is -1.33. The van der Waals surface area contributed by atoms with Crippen molar-refractivity contribution in [2.24, 2.45) is 0 Å². The van der Waals surface area contributed by atoms with E-state index in [9.17, 15) is 14.9 Å². The third-order valence-electron chi connectivity index (χ3n) is 2.45. The molecule has 2 rings (SSSR count). The third-order valence-corrected chi connectivity index (χ3v) is 2.45. The fourth-order valence-corrected chi connectivity index (χ4v) is 1.51. The molecule has 0 saturated heterocycles. The zero-order chi connectivity index (χ0) is 15.4. The quantitative estimate of drug-likeness (QED) is 0.674. The van der Waals surface area contributed by atoms with E-state index in [1.54, 1.807) is 12.1 Å².